The van der Waals surface area contributed by atoms with Crippen molar-refractivity contribution in [3.8, 4) is 5.75 Å². The molecule has 0 aliphatic heterocycles. The summed E-state index contributed by atoms with van der Waals surface area (Å²) in [6, 6.07) is 12.0. The highest BCUT2D eigenvalue weighted by atomic mass is 16.5. The smallest absolute Gasteiger partial charge is 0.319 e. The van der Waals surface area contributed by atoms with Gasteiger partial charge in [0, 0.05) is 24.3 Å². The monoisotopic (exact) mass is 441 g/mol. The number of nitrogens with one attached hydrogen (secondary N) is 4. The molecule has 0 aliphatic rings. The fraction of sp³-hybridized carbons (Fsp3) is 0.273. The summed E-state index contributed by atoms with van der Waals surface area (Å²) in [6.45, 7) is 1.99. The van der Waals surface area contributed by atoms with Crippen LogP contribution in [0.25, 0.3) is 0 Å². The number of esters is 1. The fourth-order valence-corrected chi connectivity index (χ4v) is 2.85. The Morgan fingerprint density at radius 2 is 1.84 bits per heavy atom. The lowest BCUT2D eigenvalue weighted by atomic mass is 9.97. The van der Waals surface area contributed by atoms with E-state index >= 15 is 0 Å². The van der Waals surface area contributed by atoms with Gasteiger partial charge in [-0.25, -0.2) is 4.79 Å². The van der Waals surface area contributed by atoms with Crippen LogP contribution in [0.4, 0.5) is 10.5 Å². The maximum absolute atomic E-state index is 12.7. The standard InChI is InChI=1S/C22H27N5O5/c1-2-32-19(29)10-11-25-21(30)18(15-4-3-5-17(28)12-15)13-26-22(31)27-16-8-6-14(7-9-16)20(23)24/h3-9,12,18,28H,2,10-11,13H2,1H3,(H3,23,24)(H,25,30)(H2,26,27,31). The van der Waals surface area contributed by atoms with Gasteiger partial charge in [-0.05, 0) is 48.9 Å². The van der Waals surface area contributed by atoms with Crippen molar-refractivity contribution < 1.29 is 24.2 Å². The molecule has 0 fully saturated rings. The number of hydrogen-bond acceptors (Lipinski definition) is 6. The van der Waals surface area contributed by atoms with Crippen molar-refractivity contribution in [2.75, 3.05) is 25.0 Å². The van der Waals surface area contributed by atoms with Crippen LogP contribution in [0.15, 0.2) is 48.5 Å². The molecule has 2 rings (SSSR count). The lowest BCUT2D eigenvalue weighted by molar-refractivity contribution is -0.143. The van der Waals surface area contributed by atoms with Crippen molar-refractivity contribution in [2.45, 2.75) is 19.3 Å². The predicted molar refractivity (Wildman–Crippen MR) is 120 cm³/mol. The molecule has 1 unspecified atom stereocenters. The van der Waals surface area contributed by atoms with Crippen LogP contribution < -0.4 is 21.7 Å². The first-order chi connectivity index (χ1) is 15.3. The van der Waals surface area contributed by atoms with E-state index in [1.807, 2.05) is 0 Å². The second-order valence-electron chi connectivity index (χ2n) is 6.82. The molecule has 2 aromatic carbocycles. The molecule has 170 valence electrons. The Morgan fingerprint density at radius 3 is 2.47 bits per heavy atom. The number of hydrogen-bond donors (Lipinski definition) is 6. The Morgan fingerprint density at radius 1 is 1.12 bits per heavy atom. The van der Waals surface area contributed by atoms with Crippen molar-refractivity contribution in [2.24, 2.45) is 5.73 Å². The summed E-state index contributed by atoms with van der Waals surface area (Å²) in [7, 11) is 0. The van der Waals surface area contributed by atoms with Crippen LogP contribution in [-0.2, 0) is 14.3 Å². The molecular formula is C22H27N5O5. The van der Waals surface area contributed by atoms with E-state index in [0.29, 0.717) is 16.8 Å². The molecule has 0 radical (unpaired) electrons. The molecule has 0 bridgehead atoms. The van der Waals surface area contributed by atoms with Gasteiger partial charge in [-0.3, -0.25) is 15.0 Å². The summed E-state index contributed by atoms with van der Waals surface area (Å²) >= 11 is 0. The summed E-state index contributed by atoms with van der Waals surface area (Å²) in [4.78, 5) is 36.5. The minimum Gasteiger partial charge on any atom is -0.508 e. The number of rotatable bonds is 10. The average Bonchev–Trinajstić information content (AvgIpc) is 2.74. The molecular weight excluding hydrogens is 414 g/mol. The van der Waals surface area contributed by atoms with E-state index < -0.39 is 23.8 Å². The molecule has 0 aliphatic carbocycles. The van der Waals surface area contributed by atoms with Crippen molar-refractivity contribution >= 4 is 29.4 Å². The Kier molecular flexibility index (Phi) is 9.03. The maximum atomic E-state index is 12.7. The van der Waals surface area contributed by atoms with Crippen molar-refractivity contribution in [1.82, 2.24) is 10.6 Å². The summed E-state index contributed by atoms with van der Waals surface area (Å²) in [5, 5.41) is 25.1. The zero-order chi connectivity index (χ0) is 23.5. The van der Waals surface area contributed by atoms with Gasteiger partial charge in [0.1, 0.15) is 11.6 Å². The average molecular weight is 441 g/mol. The first kappa shape index (κ1) is 24.2. The molecule has 0 saturated heterocycles. The van der Waals surface area contributed by atoms with E-state index in [0.717, 1.165) is 0 Å². The summed E-state index contributed by atoms with van der Waals surface area (Å²) in [5.74, 6) is -1.72. The molecule has 1 atom stereocenters. The molecule has 0 aromatic heterocycles. The van der Waals surface area contributed by atoms with E-state index in [1.165, 1.54) is 12.1 Å². The van der Waals surface area contributed by atoms with Gasteiger partial charge in [0.2, 0.25) is 5.91 Å². The van der Waals surface area contributed by atoms with Crippen molar-refractivity contribution in [3.05, 3.63) is 59.7 Å². The van der Waals surface area contributed by atoms with Gasteiger partial charge in [0.05, 0.1) is 18.9 Å². The van der Waals surface area contributed by atoms with Crippen LogP contribution in [0.1, 0.15) is 30.4 Å². The number of phenols is 1. The number of nitrogens with two attached hydrogens (primary N) is 1. The van der Waals surface area contributed by atoms with Crippen LogP contribution in [0.3, 0.4) is 0 Å². The quantitative estimate of drug-likeness (QED) is 0.186. The third-order valence-corrected chi connectivity index (χ3v) is 4.44. The number of carbonyl (C=O) groups excluding carboxylic acids is 3. The van der Waals surface area contributed by atoms with E-state index in [9.17, 15) is 19.5 Å². The fourth-order valence-electron chi connectivity index (χ4n) is 2.85. The number of nitrogen functional groups attached to an aromatic ring is 1. The third-order valence-electron chi connectivity index (χ3n) is 4.44. The van der Waals surface area contributed by atoms with Gasteiger partial charge in [0.25, 0.3) is 0 Å². The van der Waals surface area contributed by atoms with Gasteiger partial charge in [-0.2, -0.15) is 0 Å². The number of carbonyl (C=O) groups is 3. The SMILES string of the molecule is CCOC(=O)CCNC(=O)C(CNC(=O)Nc1ccc(C(=N)N)cc1)c1cccc(O)c1. The zero-order valence-electron chi connectivity index (χ0n) is 17.7. The molecule has 0 heterocycles. The van der Waals surface area contributed by atoms with Crippen LogP contribution in [0.5, 0.6) is 5.75 Å². The Balaban J connectivity index is 1.99. The molecule has 0 spiro atoms. The maximum Gasteiger partial charge on any atom is 0.319 e. The molecule has 10 nitrogen and oxygen atoms in total. The molecule has 2 aromatic rings. The first-order valence-electron chi connectivity index (χ1n) is 10.0. The second-order valence-corrected chi connectivity index (χ2v) is 6.82. The van der Waals surface area contributed by atoms with E-state index in [4.69, 9.17) is 15.9 Å². The van der Waals surface area contributed by atoms with Crippen molar-refractivity contribution in [1.29, 1.82) is 5.41 Å². The molecule has 3 amide bonds. The second kappa shape index (κ2) is 11.9. The van der Waals surface area contributed by atoms with Gasteiger partial charge in [-0.15, -0.1) is 0 Å². The highest BCUT2D eigenvalue weighted by Gasteiger charge is 2.22. The van der Waals surface area contributed by atoms with Crippen LogP contribution in [0.2, 0.25) is 0 Å². The largest absolute Gasteiger partial charge is 0.508 e. The lowest BCUT2D eigenvalue weighted by Crippen LogP contribution is -2.39. The number of benzene rings is 2. The summed E-state index contributed by atoms with van der Waals surface area (Å²) in [5.41, 5.74) is 6.93. The van der Waals surface area contributed by atoms with E-state index in [2.05, 4.69) is 16.0 Å². The topological polar surface area (TPSA) is 167 Å². The molecule has 10 heteroatoms. The third kappa shape index (κ3) is 7.63. The van der Waals surface area contributed by atoms with E-state index in [1.54, 1.807) is 43.3 Å². The Labute approximate surface area is 185 Å². The number of phenolic OH excluding ortho intramolecular Hbond substituents is 1. The van der Waals surface area contributed by atoms with Gasteiger partial charge < -0.3 is 31.5 Å². The number of urea groups is 1. The minimum atomic E-state index is -0.796. The van der Waals surface area contributed by atoms with Gasteiger partial charge >= 0.3 is 12.0 Å². The van der Waals surface area contributed by atoms with E-state index in [-0.39, 0.29) is 37.7 Å². The summed E-state index contributed by atoms with van der Waals surface area (Å²) < 4.78 is 4.83. The number of anilines is 1. The highest BCUT2D eigenvalue weighted by molar-refractivity contribution is 5.96. The van der Waals surface area contributed by atoms with Gasteiger partial charge in [0.15, 0.2) is 0 Å². The predicted octanol–water partition coefficient (Wildman–Crippen LogP) is 1.65. The number of aromatic hydroxyl groups is 1. The molecule has 7 N–H and O–H groups in total. The first-order valence-corrected chi connectivity index (χ1v) is 10.0. The zero-order valence-corrected chi connectivity index (χ0v) is 17.7. The van der Waals surface area contributed by atoms with Crippen LogP contribution >= 0.6 is 0 Å². The highest BCUT2D eigenvalue weighted by Crippen LogP contribution is 2.20. The van der Waals surface area contributed by atoms with Crippen LogP contribution in [-0.4, -0.2) is 48.5 Å². The van der Waals surface area contributed by atoms with Gasteiger partial charge in [-0.1, -0.05) is 12.1 Å². The minimum absolute atomic E-state index is 0.0122. The Bertz CT molecular complexity index is 961. The summed E-state index contributed by atoms with van der Waals surface area (Å²) in [6.07, 6.45) is 0.0243. The number of amides is 3. The lowest BCUT2D eigenvalue weighted by Gasteiger charge is -2.18. The number of ether oxygens (including phenoxy) is 1. The molecule has 32 heavy (non-hydrogen) atoms. The Hall–Kier alpha value is -4.08. The number of amidine groups is 1. The van der Waals surface area contributed by atoms with Crippen LogP contribution in [0, 0.1) is 5.41 Å². The molecule has 0 saturated carbocycles. The normalized spacial score (nSPS) is 11.2. The van der Waals surface area contributed by atoms with Crippen molar-refractivity contribution in [3.63, 3.8) is 0 Å².